The van der Waals surface area contributed by atoms with Crippen molar-refractivity contribution in [2.24, 2.45) is 0 Å². The van der Waals surface area contributed by atoms with Gasteiger partial charge in [0.05, 0.1) is 12.6 Å². The Morgan fingerprint density at radius 1 is 1.57 bits per heavy atom. The number of hydrogen-bond donors (Lipinski definition) is 2. The molecule has 0 aliphatic heterocycles. The maximum absolute atomic E-state index is 10.8. The molecule has 0 aliphatic rings. The first-order chi connectivity index (χ1) is 6.72. The van der Waals surface area contributed by atoms with Crippen molar-refractivity contribution in [3.05, 3.63) is 23.9 Å². The highest BCUT2D eigenvalue weighted by atomic mass is 16.5. The van der Waals surface area contributed by atoms with Gasteiger partial charge in [-0.15, -0.1) is 0 Å². The van der Waals surface area contributed by atoms with Crippen LogP contribution in [0.15, 0.2) is 18.3 Å². The van der Waals surface area contributed by atoms with E-state index in [4.69, 9.17) is 9.84 Å². The van der Waals surface area contributed by atoms with Gasteiger partial charge in [0.15, 0.2) is 0 Å². The van der Waals surface area contributed by atoms with E-state index >= 15 is 0 Å². The zero-order chi connectivity index (χ0) is 10.1. The van der Waals surface area contributed by atoms with Crippen molar-refractivity contribution in [2.75, 3.05) is 7.11 Å². The molecule has 2 rings (SSSR count). The van der Waals surface area contributed by atoms with E-state index in [1.165, 1.54) is 13.2 Å². The van der Waals surface area contributed by atoms with Crippen LogP contribution in [-0.2, 0) is 0 Å². The predicted molar refractivity (Wildman–Crippen MR) is 49.6 cm³/mol. The zero-order valence-corrected chi connectivity index (χ0v) is 7.44. The number of ether oxygens (including phenoxy) is 1. The molecule has 0 saturated carbocycles. The maximum atomic E-state index is 10.8. The van der Waals surface area contributed by atoms with Gasteiger partial charge < -0.3 is 9.84 Å². The number of carboxylic acid groups (broad SMARTS) is 1. The monoisotopic (exact) mass is 192 g/mol. The summed E-state index contributed by atoms with van der Waals surface area (Å²) in [4.78, 5) is 10.8. The van der Waals surface area contributed by atoms with Crippen LogP contribution < -0.4 is 4.74 Å². The normalized spacial score (nSPS) is 10.4. The zero-order valence-electron chi connectivity index (χ0n) is 7.44. The van der Waals surface area contributed by atoms with Crippen LogP contribution in [0.1, 0.15) is 10.4 Å². The predicted octanol–water partition coefficient (Wildman–Crippen LogP) is 1.27. The van der Waals surface area contributed by atoms with E-state index in [-0.39, 0.29) is 5.56 Å². The second-order valence-corrected chi connectivity index (χ2v) is 2.80. The Bertz CT molecular complexity index is 490. The van der Waals surface area contributed by atoms with E-state index in [0.29, 0.717) is 11.3 Å². The molecular weight excluding hydrogens is 184 g/mol. The lowest BCUT2D eigenvalue weighted by Crippen LogP contribution is -1.99. The van der Waals surface area contributed by atoms with E-state index < -0.39 is 5.97 Å². The molecule has 0 aliphatic carbocycles. The van der Waals surface area contributed by atoms with Gasteiger partial charge in [0.1, 0.15) is 11.3 Å². The molecule has 1 aromatic carbocycles. The molecule has 0 amide bonds. The van der Waals surface area contributed by atoms with E-state index in [2.05, 4.69) is 10.2 Å². The van der Waals surface area contributed by atoms with Gasteiger partial charge >= 0.3 is 5.97 Å². The Balaban J connectivity index is 2.72. The molecule has 0 unspecified atom stereocenters. The number of benzene rings is 1. The summed E-state index contributed by atoms with van der Waals surface area (Å²) in [5.41, 5.74) is 0.827. The van der Waals surface area contributed by atoms with Crippen LogP contribution in [0, 0.1) is 0 Å². The summed E-state index contributed by atoms with van der Waals surface area (Å²) in [7, 11) is 1.43. The standard InChI is InChI=1S/C9H8N2O3/c1-14-8-3-7-5(4-10-11-7)2-6(8)9(12)13/h2-4H,1H3,(H,10,11)(H,12,13). The van der Waals surface area contributed by atoms with Crippen molar-refractivity contribution in [3.63, 3.8) is 0 Å². The van der Waals surface area contributed by atoms with Gasteiger partial charge in [0.25, 0.3) is 0 Å². The van der Waals surface area contributed by atoms with Crippen molar-refractivity contribution in [1.29, 1.82) is 0 Å². The van der Waals surface area contributed by atoms with Gasteiger partial charge in [-0.05, 0) is 6.07 Å². The smallest absolute Gasteiger partial charge is 0.339 e. The third-order valence-corrected chi connectivity index (χ3v) is 1.98. The lowest BCUT2D eigenvalue weighted by atomic mass is 10.1. The number of H-pyrrole nitrogens is 1. The van der Waals surface area contributed by atoms with Crippen molar-refractivity contribution >= 4 is 16.9 Å². The fourth-order valence-corrected chi connectivity index (χ4v) is 1.31. The number of methoxy groups -OCH3 is 1. The van der Waals surface area contributed by atoms with Crippen LogP contribution >= 0.6 is 0 Å². The molecule has 1 aromatic heterocycles. The molecule has 0 radical (unpaired) electrons. The highest BCUT2D eigenvalue weighted by Crippen LogP contribution is 2.24. The molecule has 0 saturated heterocycles. The molecule has 2 N–H and O–H groups in total. The van der Waals surface area contributed by atoms with Crippen LogP contribution in [0.25, 0.3) is 10.9 Å². The molecule has 0 atom stereocenters. The highest BCUT2D eigenvalue weighted by Gasteiger charge is 2.12. The molecule has 0 bridgehead atoms. The van der Waals surface area contributed by atoms with E-state index in [1.54, 1.807) is 12.3 Å². The van der Waals surface area contributed by atoms with E-state index in [0.717, 1.165) is 5.39 Å². The Morgan fingerprint density at radius 3 is 3.00 bits per heavy atom. The summed E-state index contributed by atoms with van der Waals surface area (Å²) in [6.45, 7) is 0. The number of nitrogens with one attached hydrogen (secondary N) is 1. The number of fused-ring (bicyclic) bond motifs is 1. The Hall–Kier alpha value is -2.04. The molecule has 2 aromatic rings. The maximum Gasteiger partial charge on any atom is 0.339 e. The Kier molecular flexibility index (Phi) is 1.85. The fraction of sp³-hybridized carbons (Fsp3) is 0.111. The summed E-state index contributed by atoms with van der Waals surface area (Å²) >= 11 is 0. The molecule has 72 valence electrons. The second-order valence-electron chi connectivity index (χ2n) is 2.80. The molecule has 5 nitrogen and oxygen atoms in total. The summed E-state index contributed by atoms with van der Waals surface area (Å²) in [6, 6.07) is 3.12. The van der Waals surface area contributed by atoms with E-state index in [1.807, 2.05) is 0 Å². The van der Waals surface area contributed by atoms with Crippen LogP contribution in [0.3, 0.4) is 0 Å². The number of aromatic nitrogens is 2. The van der Waals surface area contributed by atoms with Crippen LogP contribution in [0.2, 0.25) is 0 Å². The van der Waals surface area contributed by atoms with Gasteiger partial charge in [-0.25, -0.2) is 4.79 Å². The summed E-state index contributed by atoms with van der Waals surface area (Å²) in [5.74, 6) is -0.693. The third kappa shape index (κ3) is 1.19. The molecule has 5 heteroatoms. The molecule has 0 spiro atoms. The number of hydrogen-bond acceptors (Lipinski definition) is 3. The molecule has 0 fully saturated rings. The molecule has 14 heavy (non-hydrogen) atoms. The SMILES string of the molecule is COc1cc2n[nH]cc2cc1C(=O)O. The fourth-order valence-electron chi connectivity index (χ4n) is 1.31. The minimum atomic E-state index is -1.01. The van der Waals surface area contributed by atoms with Crippen molar-refractivity contribution in [1.82, 2.24) is 10.2 Å². The highest BCUT2D eigenvalue weighted by molar-refractivity contribution is 5.96. The first-order valence-electron chi connectivity index (χ1n) is 3.97. The lowest BCUT2D eigenvalue weighted by molar-refractivity contribution is 0.0693. The Labute approximate surface area is 79.3 Å². The minimum absolute atomic E-state index is 0.140. The average molecular weight is 192 g/mol. The number of nitrogens with zero attached hydrogens (tertiary/aromatic N) is 1. The van der Waals surface area contributed by atoms with Crippen LogP contribution in [-0.4, -0.2) is 28.4 Å². The number of rotatable bonds is 2. The van der Waals surface area contributed by atoms with E-state index in [9.17, 15) is 4.79 Å². The number of carbonyl (C=O) groups is 1. The summed E-state index contributed by atoms with van der Waals surface area (Å²) in [5, 5.41) is 16.2. The van der Waals surface area contributed by atoms with Crippen LogP contribution in [0.5, 0.6) is 5.75 Å². The second kappa shape index (κ2) is 3.02. The largest absolute Gasteiger partial charge is 0.496 e. The van der Waals surface area contributed by atoms with Crippen molar-refractivity contribution in [3.8, 4) is 5.75 Å². The van der Waals surface area contributed by atoms with Gasteiger partial charge in [0.2, 0.25) is 0 Å². The first kappa shape index (κ1) is 8.55. The van der Waals surface area contributed by atoms with Crippen molar-refractivity contribution < 1.29 is 14.6 Å². The van der Waals surface area contributed by atoms with Gasteiger partial charge in [-0.2, -0.15) is 5.10 Å². The number of carboxylic acids is 1. The first-order valence-corrected chi connectivity index (χ1v) is 3.97. The van der Waals surface area contributed by atoms with Gasteiger partial charge in [-0.1, -0.05) is 0 Å². The lowest BCUT2D eigenvalue weighted by Gasteiger charge is -2.03. The summed E-state index contributed by atoms with van der Waals surface area (Å²) in [6.07, 6.45) is 1.64. The average Bonchev–Trinajstić information content (AvgIpc) is 2.62. The summed E-state index contributed by atoms with van der Waals surface area (Å²) < 4.78 is 4.95. The Morgan fingerprint density at radius 2 is 2.36 bits per heavy atom. The van der Waals surface area contributed by atoms with Gasteiger partial charge in [0, 0.05) is 17.6 Å². The third-order valence-electron chi connectivity index (χ3n) is 1.98. The molecule has 1 heterocycles. The van der Waals surface area contributed by atoms with Crippen molar-refractivity contribution in [2.45, 2.75) is 0 Å². The quantitative estimate of drug-likeness (QED) is 0.751. The van der Waals surface area contributed by atoms with Crippen LogP contribution in [0.4, 0.5) is 0 Å². The number of aromatic carboxylic acids is 1. The molecular formula is C9H8N2O3. The topological polar surface area (TPSA) is 75.2 Å². The van der Waals surface area contributed by atoms with Gasteiger partial charge in [-0.3, -0.25) is 5.10 Å². The number of aromatic amines is 1. The minimum Gasteiger partial charge on any atom is -0.496 e.